The molecule has 0 atom stereocenters. The van der Waals surface area contributed by atoms with E-state index in [4.69, 9.17) is 4.42 Å². The summed E-state index contributed by atoms with van der Waals surface area (Å²) in [6.45, 7) is 0. The molecule has 3 nitrogen and oxygen atoms in total. The van der Waals surface area contributed by atoms with Crippen LogP contribution in [0.5, 0.6) is 0 Å². The summed E-state index contributed by atoms with van der Waals surface area (Å²) in [7, 11) is 0. The summed E-state index contributed by atoms with van der Waals surface area (Å²) in [6.07, 6.45) is 0. The molecule has 0 saturated carbocycles. The van der Waals surface area contributed by atoms with Gasteiger partial charge < -0.3 is 13.9 Å². The summed E-state index contributed by atoms with van der Waals surface area (Å²) in [5.74, 6) is 0. The van der Waals surface area contributed by atoms with Crippen molar-refractivity contribution >= 4 is 82.4 Å². The molecule has 12 rings (SSSR count). The number of fused-ring (bicyclic) bond motifs is 8. The van der Waals surface area contributed by atoms with Gasteiger partial charge in [-0.3, -0.25) is 0 Å². The topological polar surface area (TPSA) is 21.3 Å². The molecule has 0 aliphatic heterocycles. The van der Waals surface area contributed by atoms with Crippen LogP contribution in [-0.4, -0.2) is 4.57 Å². The van der Waals surface area contributed by atoms with Crippen LogP contribution in [-0.2, 0) is 0 Å². The number of hydrogen-bond acceptors (Lipinski definition) is 2. The molecule has 0 fully saturated rings. The van der Waals surface area contributed by atoms with Gasteiger partial charge in [0.05, 0.1) is 22.4 Å². The fourth-order valence-corrected chi connectivity index (χ4v) is 9.22. The lowest BCUT2D eigenvalue weighted by Gasteiger charge is -2.26. The molecular weight excluding hydrogens is 717 g/mol. The van der Waals surface area contributed by atoms with Crippen LogP contribution in [0, 0.1) is 0 Å². The minimum Gasteiger partial charge on any atom is -0.454 e. The van der Waals surface area contributed by atoms with Crippen molar-refractivity contribution in [1.29, 1.82) is 0 Å². The Balaban J connectivity index is 1.04. The molecule has 0 aliphatic carbocycles. The van der Waals surface area contributed by atoms with Crippen molar-refractivity contribution in [3.8, 4) is 27.9 Å². The molecule has 276 valence electrons. The van der Waals surface area contributed by atoms with Crippen molar-refractivity contribution in [2.45, 2.75) is 0 Å². The van der Waals surface area contributed by atoms with Crippen molar-refractivity contribution in [1.82, 2.24) is 4.57 Å². The van der Waals surface area contributed by atoms with Gasteiger partial charge in [0.2, 0.25) is 0 Å². The van der Waals surface area contributed by atoms with Gasteiger partial charge >= 0.3 is 0 Å². The van der Waals surface area contributed by atoms with Gasteiger partial charge in [0.25, 0.3) is 0 Å². The Labute approximate surface area is 341 Å². The van der Waals surface area contributed by atoms with Crippen LogP contribution in [0.3, 0.4) is 0 Å². The zero-order chi connectivity index (χ0) is 38.9. The molecule has 12 aromatic rings. The van der Waals surface area contributed by atoms with Crippen LogP contribution >= 0.6 is 0 Å². The van der Waals surface area contributed by atoms with Crippen LogP contribution in [0.2, 0.25) is 0 Å². The molecule has 2 heterocycles. The third-order valence-corrected chi connectivity index (χ3v) is 12.0. The maximum Gasteiger partial charge on any atom is 0.159 e. The number of benzene rings is 10. The summed E-state index contributed by atoms with van der Waals surface area (Å²) in [5.41, 5.74) is 13.1. The van der Waals surface area contributed by atoms with Gasteiger partial charge in [-0.1, -0.05) is 158 Å². The predicted octanol–water partition coefficient (Wildman–Crippen LogP) is 15.8. The summed E-state index contributed by atoms with van der Waals surface area (Å²) in [6, 6.07) is 78.7. The quantitative estimate of drug-likeness (QED) is 0.169. The highest BCUT2D eigenvalue weighted by atomic mass is 16.3. The van der Waals surface area contributed by atoms with E-state index in [1.165, 1.54) is 60.0 Å². The van der Waals surface area contributed by atoms with Crippen LogP contribution in [0.4, 0.5) is 17.1 Å². The van der Waals surface area contributed by atoms with E-state index in [2.05, 4.69) is 222 Å². The third-order valence-electron chi connectivity index (χ3n) is 12.0. The fraction of sp³-hybridized carbons (Fsp3) is 0. The smallest absolute Gasteiger partial charge is 0.159 e. The number of aromatic nitrogens is 1. The second kappa shape index (κ2) is 13.4. The van der Waals surface area contributed by atoms with E-state index in [1.807, 2.05) is 6.07 Å². The zero-order valence-electron chi connectivity index (χ0n) is 32.1. The van der Waals surface area contributed by atoms with Crippen molar-refractivity contribution < 1.29 is 4.42 Å². The molecule has 59 heavy (non-hydrogen) atoms. The lowest BCUT2D eigenvalue weighted by atomic mass is 9.95. The summed E-state index contributed by atoms with van der Waals surface area (Å²) < 4.78 is 9.10. The highest BCUT2D eigenvalue weighted by Crippen LogP contribution is 2.45. The lowest BCUT2D eigenvalue weighted by molar-refractivity contribution is 0.669. The van der Waals surface area contributed by atoms with Crippen LogP contribution < -0.4 is 4.90 Å². The van der Waals surface area contributed by atoms with E-state index in [0.29, 0.717) is 0 Å². The first-order valence-electron chi connectivity index (χ1n) is 20.2. The Morgan fingerprint density at radius 1 is 0.356 bits per heavy atom. The lowest BCUT2D eigenvalue weighted by Crippen LogP contribution is -2.10. The zero-order valence-corrected chi connectivity index (χ0v) is 32.1. The van der Waals surface area contributed by atoms with E-state index in [9.17, 15) is 0 Å². The van der Waals surface area contributed by atoms with Crippen LogP contribution in [0.25, 0.3) is 93.2 Å². The molecule has 0 unspecified atom stereocenters. The minimum atomic E-state index is 0.860. The number of rotatable bonds is 6. The monoisotopic (exact) mass is 752 g/mol. The largest absolute Gasteiger partial charge is 0.454 e. The molecule has 0 amide bonds. The second-order valence-corrected chi connectivity index (χ2v) is 15.3. The highest BCUT2D eigenvalue weighted by Gasteiger charge is 2.21. The molecule has 0 radical (unpaired) electrons. The summed E-state index contributed by atoms with van der Waals surface area (Å²) in [5, 5.41) is 9.61. The third kappa shape index (κ3) is 5.36. The average Bonchev–Trinajstić information content (AvgIpc) is 3.86. The molecule has 2 aromatic heterocycles. The first-order valence-corrected chi connectivity index (χ1v) is 20.2. The van der Waals surface area contributed by atoms with Crippen molar-refractivity contribution in [2.24, 2.45) is 0 Å². The van der Waals surface area contributed by atoms with E-state index in [1.54, 1.807) is 0 Å². The molecule has 0 bridgehead atoms. The van der Waals surface area contributed by atoms with Crippen LogP contribution in [0.1, 0.15) is 0 Å². The molecule has 3 heteroatoms. The fourth-order valence-electron chi connectivity index (χ4n) is 9.22. The molecule has 0 aliphatic rings. The van der Waals surface area contributed by atoms with Crippen molar-refractivity contribution in [3.63, 3.8) is 0 Å². The number of nitrogens with zero attached hydrogens (tertiary/aromatic N) is 2. The number of para-hydroxylation sites is 4. The van der Waals surface area contributed by atoms with Gasteiger partial charge in [-0.05, 0) is 98.9 Å². The predicted molar refractivity (Wildman–Crippen MR) is 249 cm³/mol. The molecular formula is C56H36N2O. The van der Waals surface area contributed by atoms with E-state index < -0.39 is 0 Å². The standard InChI is InChI=1S/C56H36N2O/c1-2-14-41-36-42(25-24-37(41)12-1)38-26-31-43(32-27-38)57(53-22-11-19-49-48-18-7-10-23-54(48)59-56(49)53)44-33-28-40(29-34-44)55-45-15-4-3-13-39(45)30-35-52(55)58-50-20-8-5-16-46(50)47-17-6-9-21-51(47)58/h1-36H. The van der Waals surface area contributed by atoms with Crippen molar-refractivity contribution in [3.05, 3.63) is 218 Å². The van der Waals surface area contributed by atoms with Gasteiger partial charge in [-0.25, -0.2) is 0 Å². The van der Waals surface area contributed by atoms with E-state index in [0.717, 1.165) is 50.3 Å². The average molecular weight is 753 g/mol. The Hall–Kier alpha value is -7.88. The first kappa shape index (κ1) is 33.3. The second-order valence-electron chi connectivity index (χ2n) is 15.3. The molecule has 0 spiro atoms. The van der Waals surface area contributed by atoms with Gasteiger partial charge in [0.15, 0.2) is 5.58 Å². The molecule has 10 aromatic carbocycles. The van der Waals surface area contributed by atoms with E-state index >= 15 is 0 Å². The number of furan rings is 1. The van der Waals surface area contributed by atoms with Crippen LogP contribution in [0.15, 0.2) is 223 Å². The normalized spacial score (nSPS) is 11.7. The summed E-state index contributed by atoms with van der Waals surface area (Å²) >= 11 is 0. The Morgan fingerprint density at radius 3 is 1.63 bits per heavy atom. The van der Waals surface area contributed by atoms with Gasteiger partial charge in [-0.15, -0.1) is 0 Å². The van der Waals surface area contributed by atoms with Gasteiger partial charge in [0, 0.05) is 38.5 Å². The Bertz CT molecular complexity index is 3500. The first-order chi connectivity index (χ1) is 29.3. The Morgan fingerprint density at radius 2 is 0.898 bits per heavy atom. The number of hydrogen-bond donors (Lipinski definition) is 0. The van der Waals surface area contributed by atoms with Crippen molar-refractivity contribution in [2.75, 3.05) is 4.90 Å². The minimum absolute atomic E-state index is 0.860. The SMILES string of the molecule is c1ccc2cc(-c3ccc(N(c4ccc(-c5c(-n6c7ccccc7c7ccccc76)ccc6ccccc56)cc4)c4cccc5c4oc4ccccc45)cc3)ccc2c1. The van der Waals surface area contributed by atoms with E-state index in [-0.39, 0.29) is 0 Å². The maximum atomic E-state index is 6.67. The number of anilines is 3. The molecule has 0 saturated heterocycles. The maximum absolute atomic E-state index is 6.67. The molecule has 0 N–H and O–H groups in total. The van der Waals surface area contributed by atoms with Gasteiger partial charge in [-0.2, -0.15) is 0 Å². The summed E-state index contributed by atoms with van der Waals surface area (Å²) in [4.78, 5) is 2.33. The van der Waals surface area contributed by atoms with Gasteiger partial charge in [0.1, 0.15) is 5.58 Å². The highest BCUT2D eigenvalue weighted by molar-refractivity contribution is 6.12. The Kier molecular flexibility index (Phi) is 7.54.